The van der Waals surface area contributed by atoms with Crippen molar-refractivity contribution in [3.63, 3.8) is 0 Å². The van der Waals surface area contributed by atoms with E-state index in [9.17, 15) is 0 Å². The summed E-state index contributed by atoms with van der Waals surface area (Å²) in [5, 5.41) is 5.67. The quantitative estimate of drug-likeness (QED) is 0.854. The smallest absolute Gasteiger partial charge is 0.101 e. The first-order valence-corrected chi connectivity index (χ1v) is 6.51. The van der Waals surface area contributed by atoms with Gasteiger partial charge in [-0.15, -0.1) is 11.3 Å². The summed E-state index contributed by atoms with van der Waals surface area (Å²) < 4.78 is 5.39. The zero-order valence-electron chi connectivity index (χ0n) is 9.69. The molecule has 2 rings (SSSR count). The van der Waals surface area contributed by atoms with Gasteiger partial charge in [-0.25, -0.2) is 0 Å². The molecule has 0 aliphatic rings. The lowest BCUT2D eigenvalue weighted by atomic mass is 10.1. The van der Waals surface area contributed by atoms with Crippen molar-refractivity contribution in [1.82, 2.24) is 5.32 Å². The third-order valence-electron chi connectivity index (χ3n) is 2.51. The van der Waals surface area contributed by atoms with Crippen LogP contribution < -0.4 is 5.32 Å². The molecule has 0 spiro atoms. The first kappa shape index (κ1) is 11.4. The monoisotopic (exact) mass is 235 g/mol. The number of hydrogen-bond donors (Lipinski definition) is 1. The van der Waals surface area contributed by atoms with E-state index < -0.39 is 0 Å². The average molecular weight is 235 g/mol. The Hall–Kier alpha value is -1.06. The van der Waals surface area contributed by atoms with Crippen LogP contribution in [0.2, 0.25) is 0 Å². The van der Waals surface area contributed by atoms with Crippen molar-refractivity contribution in [2.24, 2.45) is 0 Å². The molecule has 86 valence electrons. The lowest BCUT2D eigenvalue weighted by Crippen LogP contribution is -2.21. The van der Waals surface area contributed by atoms with Crippen LogP contribution in [0.3, 0.4) is 0 Å². The molecule has 1 atom stereocenters. The second kappa shape index (κ2) is 5.32. The van der Waals surface area contributed by atoms with Crippen LogP contribution >= 0.6 is 11.3 Å². The summed E-state index contributed by atoms with van der Waals surface area (Å²) in [7, 11) is 0. The van der Waals surface area contributed by atoms with Crippen LogP contribution in [-0.2, 0) is 0 Å². The molecule has 1 N–H and O–H groups in total. The van der Waals surface area contributed by atoms with Gasteiger partial charge in [0.1, 0.15) is 5.76 Å². The summed E-state index contributed by atoms with van der Waals surface area (Å²) in [6, 6.07) is 6.64. The molecule has 2 nitrogen and oxygen atoms in total. The fourth-order valence-electron chi connectivity index (χ4n) is 1.74. The topological polar surface area (TPSA) is 25.2 Å². The lowest BCUT2D eigenvalue weighted by Gasteiger charge is -2.15. The Labute approximate surface area is 100 Å². The number of hydrogen-bond acceptors (Lipinski definition) is 3. The molecule has 0 aromatic carbocycles. The summed E-state index contributed by atoms with van der Waals surface area (Å²) in [6.07, 6.45) is 2.99. The third-order valence-corrected chi connectivity index (χ3v) is 3.45. The van der Waals surface area contributed by atoms with E-state index >= 15 is 0 Å². The highest BCUT2D eigenvalue weighted by atomic mass is 32.1. The Morgan fingerprint density at radius 1 is 1.50 bits per heavy atom. The molecule has 0 saturated heterocycles. The second-order valence-corrected chi connectivity index (χ2v) is 4.87. The molecule has 0 amide bonds. The predicted molar refractivity (Wildman–Crippen MR) is 67.9 cm³/mol. The minimum atomic E-state index is 0.275. The van der Waals surface area contributed by atoms with Gasteiger partial charge in [-0.3, -0.25) is 0 Å². The van der Waals surface area contributed by atoms with Gasteiger partial charge < -0.3 is 9.73 Å². The molecule has 0 bridgehead atoms. The molecular weight excluding hydrogens is 218 g/mol. The molecule has 0 aliphatic heterocycles. The molecule has 2 aromatic rings. The van der Waals surface area contributed by atoms with E-state index in [-0.39, 0.29) is 6.04 Å². The largest absolute Gasteiger partial charge is 0.469 e. The van der Waals surface area contributed by atoms with E-state index in [2.05, 4.69) is 35.8 Å². The van der Waals surface area contributed by atoms with Gasteiger partial charge in [-0.1, -0.05) is 13.0 Å². The average Bonchev–Trinajstić information content (AvgIpc) is 2.91. The molecule has 1 unspecified atom stereocenters. The molecule has 2 aromatic heterocycles. The Kier molecular flexibility index (Phi) is 3.80. The summed E-state index contributed by atoms with van der Waals surface area (Å²) in [6.45, 7) is 5.18. The van der Waals surface area contributed by atoms with Crippen LogP contribution in [0.1, 0.15) is 35.6 Å². The molecule has 0 radical (unpaired) electrons. The van der Waals surface area contributed by atoms with Crippen molar-refractivity contribution in [3.05, 3.63) is 46.0 Å². The fourth-order valence-corrected chi connectivity index (χ4v) is 2.57. The normalized spacial score (nSPS) is 12.9. The van der Waals surface area contributed by atoms with E-state index in [4.69, 9.17) is 4.42 Å². The maximum Gasteiger partial charge on any atom is 0.101 e. The minimum Gasteiger partial charge on any atom is -0.469 e. The zero-order chi connectivity index (χ0) is 11.4. The molecule has 16 heavy (non-hydrogen) atoms. The van der Waals surface area contributed by atoms with E-state index in [1.807, 2.05) is 13.2 Å². The van der Waals surface area contributed by atoms with Crippen molar-refractivity contribution in [2.45, 2.75) is 26.3 Å². The zero-order valence-corrected chi connectivity index (χ0v) is 10.5. The van der Waals surface area contributed by atoms with Gasteiger partial charge in [0.25, 0.3) is 0 Å². The Balaban J connectivity index is 2.21. The van der Waals surface area contributed by atoms with Gasteiger partial charge in [0.2, 0.25) is 0 Å². The standard InChI is InChI=1S/C13H17NOS/c1-3-6-14-13(12-5-4-7-16-12)11-8-10(2)15-9-11/h4-5,7-9,13-14H,3,6H2,1-2H3. The highest BCUT2D eigenvalue weighted by Crippen LogP contribution is 2.27. The van der Waals surface area contributed by atoms with E-state index in [1.54, 1.807) is 11.3 Å². The van der Waals surface area contributed by atoms with Gasteiger partial charge in [-0.05, 0) is 37.4 Å². The van der Waals surface area contributed by atoms with Crippen LogP contribution in [0, 0.1) is 6.92 Å². The Bertz CT molecular complexity index is 419. The van der Waals surface area contributed by atoms with Crippen molar-refractivity contribution >= 4 is 11.3 Å². The van der Waals surface area contributed by atoms with Crippen LogP contribution in [0.4, 0.5) is 0 Å². The third kappa shape index (κ3) is 2.54. The minimum absolute atomic E-state index is 0.275. The lowest BCUT2D eigenvalue weighted by molar-refractivity contribution is 0.524. The number of rotatable bonds is 5. The molecule has 3 heteroatoms. The molecule has 0 aliphatic carbocycles. The SMILES string of the molecule is CCCNC(c1coc(C)c1)c1cccs1. The molecule has 2 heterocycles. The Morgan fingerprint density at radius 2 is 2.38 bits per heavy atom. The van der Waals surface area contributed by atoms with Crippen molar-refractivity contribution < 1.29 is 4.42 Å². The summed E-state index contributed by atoms with van der Waals surface area (Å²) >= 11 is 1.78. The van der Waals surface area contributed by atoms with Crippen LogP contribution in [0.5, 0.6) is 0 Å². The Morgan fingerprint density at radius 3 is 2.94 bits per heavy atom. The number of nitrogens with one attached hydrogen (secondary N) is 1. The molecular formula is C13H17NOS. The van der Waals surface area contributed by atoms with Gasteiger partial charge in [-0.2, -0.15) is 0 Å². The van der Waals surface area contributed by atoms with Gasteiger partial charge in [0, 0.05) is 10.4 Å². The van der Waals surface area contributed by atoms with Crippen molar-refractivity contribution in [2.75, 3.05) is 6.54 Å². The van der Waals surface area contributed by atoms with E-state index in [0.717, 1.165) is 18.7 Å². The van der Waals surface area contributed by atoms with Gasteiger partial charge in [0.05, 0.1) is 12.3 Å². The fraction of sp³-hybridized carbons (Fsp3) is 0.385. The predicted octanol–water partition coefficient (Wildman–Crippen LogP) is 3.74. The van der Waals surface area contributed by atoms with Crippen molar-refractivity contribution in [1.29, 1.82) is 0 Å². The maximum atomic E-state index is 5.39. The first-order valence-electron chi connectivity index (χ1n) is 5.63. The van der Waals surface area contributed by atoms with Crippen LogP contribution in [0.25, 0.3) is 0 Å². The number of aryl methyl sites for hydroxylation is 1. The van der Waals surface area contributed by atoms with E-state index in [1.165, 1.54) is 10.4 Å². The van der Waals surface area contributed by atoms with E-state index in [0.29, 0.717) is 0 Å². The number of thiophene rings is 1. The van der Waals surface area contributed by atoms with Crippen molar-refractivity contribution in [3.8, 4) is 0 Å². The van der Waals surface area contributed by atoms with Crippen LogP contribution in [0.15, 0.2) is 34.3 Å². The highest BCUT2D eigenvalue weighted by molar-refractivity contribution is 7.10. The number of furan rings is 1. The maximum absolute atomic E-state index is 5.39. The highest BCUT2D eigenvalue weighted by Gasteiger charge is 2.15. The first-order chi connectivity index (χ1) is 7.81. The van der Waals surface area contributed by atoms with Gasteiger partial charge >= 0.3 is 0 Å². The summed E-state index contributed by atoms with van der Waals surface area (Å²) in [5.41, 5.74) is 1.22. The van der Waals surface area contributed by atoms with Crippen LogP contribution in [-0.4, -0.2) is 6.54 Å². The summed E-state index contributed by atoms with van der Waals surface area (Å²) in [4.78, 5) is 1.34. The van der Waals surface area contributed by atoms with Gasteiger partial charge in [0.15, 0.2) is 0 Å². The summed E-state index contributed by atoms with van der Waals surface area (Å²) in [5.74, 6) is 0.967. The second-order valence-electron chi connectivity index (χ2n) is 3.89. The molecule has 0 saturated carbocycles. The molecule has 0 fully saturated rings.